The molecule has 1 atom stereocenters. The first-order valence-corrected chi connectivity index (χ1v) is 4.31. The van der Waals surface area contributed by atoms with Gasteiger partial charge >= 0.3 is 0 Å². The second kappa shape index (κ2) is 2.86. The summed E-state index contributed by atoms with van der Waals surface area (Å²) in [4.78, 5) is 4.19. The van der Waals surface area contributed by atoms with Gasteiger partial charge in [0.05, 0.1) is 0 Å². The van der Waals surface area contributed by atoms with E-state index in [9.17, 15) is 0 Å². The van der Waals surface area contributed by atoms with Crippen LogP contribution in [0.15, 0.2) is 4.52 Å². The van der Waals surface area contributed by atoms with Crippen molar-refractivity contribution in [2.45, 2.75) is 25.7 Å². The summed E-state index contributed by atoms with van der Waals surface area (Å²) >= 11 is 0. The lowest BCUT2D eigenvalue weighted by Crippen LogP contribution is -2.15. The molecule has 2 rings (SSSR count). The van der Waals surface area contributed by atoms with Gasteiger partial charge in [-0.3, -0.25) is 0 Å². The van der Waals surface area contributed by atoms with Crippen molar-refractivity contribution in [1.82, 2.24) is 10.1 Å². The molecule has 1 aromatic heterocycles. The smallest absolute Gasteiger partial charge is 0.223 e. The minimum Gasteiger partial charge on any atom is -0.340 e. The number of hydrogen-bond acceptors (Lipinski definition) is 4. The normalized spacial score (nSPS) is 19.5. The summed E-state index contributed by atoms with van der Waals surface area (Å²) in [7, 11) is 0. The monoisotopic (exact) mass is 167 g/mol. The maximum atomic E-state index is 5.63. The third kappa shape index (κ3) is 1.34. The molecule has 1 aliphatic carbocycles. The SMILES string of the molecule is Cc1nc(C(CN)C2CC2)no1. The molecule has 12 heavy (non-hydrogen) atoms. The molecule has 66 valence electrons. The van der Waals surface area contributed by atoms with Crippen LogP contribution in [0.3, 0.4) is 0 Å². The second-order valence-corrected chi connectivity index (χ2v) is 3.35. The Morgan fingerprint density at radius 3 is 2.83 bits per heavy atom. The van der Waals surface area contributed by atoms with Gasteiger partial charge in [-0.15, -0.1) is 0 Å². The molecule has 2 N–H and O–H groups in total. The summed E-state index contributed by atoms with van der Waals surface area (Å²) in [5.41, 5.74) is 5.63. The first-order valence-electron chi connectivity index (χ1n) is 4.31. The molecule has 0 radical (unpaired) electrons. The summed E-state index contributed by atoms with van der Waals surface area (Å²) in [6, 6.07) is 0. The minimum atomic E-state index is 0.322. The average molecular weight is 167 g/mol. The molecule has 0 amide bonds. The van der Waals surface area contributed by atoms with Crippen LogP contribution in [0.25, 0.3) is 0 Å². The lowest BCUT2D eigenvalue weighted by Gasteiger charge is -2.06. The number of aromatic nitrogens is 2. The van der Waals surface area contributed by atoms with E-state index in [1.54, 1.807) is 6.92 Å². The second-order valence-electron chi connectivity index (χ2n) is 3.35. The zero-order valence-electron chi connectivity index (χ0n) is 7.16. The Morgan fingerprint density at radius 1 is 1.67 bits per heavy atom. The zero-order chi connectivity index (χ0) is 8.55. The molecular weight excluding hydrogens is 154 g/mol. The van der Waals surface area contributed by atoms with Crippen LogP contribution in [-0.2, 0) is 0 Å². The summed E-state index contributed by atoms with van der Waals surface area (Å²) in [5, 5.41) is 3.88. The van der Waals surface area contributed by atoms with Gasteiger partial charge in [0.1, 0.15) is 0 Å². The van der Waals surface area contributed by atoms with Gasteiger partial charge < -0.3 is 10.3 Å². The first kappa shape index (κ1) is 7.73. The predicted molar refractivity (Wildman–Crippen MR) is 43.6 cm³/mol. The van der Waals surface area contributed by atoms with Crippen molar-refractivity contribution in [3.8, 4) is 0 Å². The number of rotatable bonds is 3. The highest BCUT2D eigenvalue weighted by Crippen LogP contribution is 2.40. The van der Waals surface area contributed by atoms with Crippen molar-refractivity contribution < 1.29 is 4.52 Å². The van der Waals surface area contributed by atoms with Crippen molar-refractivity contribution in [2.24, 2.45) is 11.7 Å². The van der Waals surface area contributed by atoms with Gasteiger partial charge in [-0.05, 0) is 18.8 Å². The summed E-state index contributed by atoms with van der Waals surface area (Å²) in [6.07, 6.45) is 2.52. The quantitative estimate of drug-likeness (QED) is 0.724. The Balaban J connectivity index is 2.15. The van der Waals surface area contributed by atoms with Gasteiger partial charge in [-0.25, -0.2) is 0 Å². The van der Waals surface area contributed by atoms with Crippen molar-refractivity contribution in [2.75, 3.05) is 6.54 Å². The molecule has 0 bridgehead atoms. The molecule has 4 nitrogen and oxygen atoms in total. The van der Waals surface area contributed by atoms with E-state index in [-0.39, 0.29) is 0 Å². The molecule has 4 heteroatoms. The van der Waals surface area contributed by atoms with E-state index in [1.165, 1.54) is 12.8 Å². The first-order chi connectivity index (χ1) is 5.81. The van der Waals surface area contributed by atoms with Crippen molar-refractivity contribution >= 4 is 0 Å². The Kier molecular flexibility index (Phi) is 1.84. The molecule has 0 aromatic carbocycles. The van der Waals surface area contributed by atoms with Crippen molar-refractivity contribution in [3.63, 3.8) is 0 Å². The molecule has 0 saturated heterocycles. The van der Waals surface area contributed by atoms with Gasteiger partial charge in [0.2, 0.25) is 5.89 Å². The van der Waals surface area contributed by atoms with Crippen molar-refractivity contribution in [1.29, 1.82) is 0 Å². The van der Waals surface area contributed by atoms with Crippen LogP contribution in [0, 0.1) is 12.8 Å². The largest absolute Gasteiger partial charge is 0.340 e. The van der Waals surface area contributed by atoms with Gasteiger partial charge in [-0.1, -0.05) is 5.16 Å². The third-order valence-electron chi connectivity index (χ3n) is 2.32. The maximum absolute atomic E-state index is 5.63. The van der Waals surface area contributed by atoms with Gasteiger partial charge in [0.15, 0.2) is 5.82 Å². The van der Waals surface area contributed by atoms with E-state index in [0.29, 0.717) is 24.3 Å². The lowest BCUT2D eigenvalue weighted by atomic mass is 10.0. The summed E-state index contributed by atoms with van der Waals surface area (Å²) < 4.78 is 4.91. The van der Waals surface area contributed by atoms with E-state index < -0.39 is 0 Å². The summed E-state index contributed by atoms with van der Waals surface area (Å²) in [5.74, 6) is 2.44. The molecule has 1 unspecified atom stereocenters. The van der Waals surface area contributed by atoms with Crippen LogP contribution < -0.4 is 5.73 Å². The number of hydrogen-bond donors (Lipinski definition) is 1. The fourth-order valence-electron chi connectivity index (χ4n) is 1.47. The molecule has 1 fully saturated rings. The Bertz CT molecular complexity index is 267. The van der Waals surface area contributed by atoms with E-state index in [2.05, 4.69) is 10.1 Å². The highest BCUT2D eigenvalue weighted by molar-refractivity contribution is 5.02. The molecule has 1 aliphatic rings. The topological polar surface area (TPSA) is 64.9 Å². The van der Waals surface area contributed by atoms with Crippen LogP contribution in [0.2, 0.25) is 0 Å². The van der Waals surface area contributed by atoms with Crippen LogP contribution in [0.5, 0.6) is 0 Å². The number of nitrogens with zero attached hydrogens (tertiary/aromatic N) is 2. The zero-order valence-corrected chi connectivity index (χ0v) is 7.16. The number of aryl methyl sites for hydroxylation is 1. The number of nitrogens with two attached hydrogens (primary N) is 1. The van der Waals surface area contributed by atoms with Crippen molar-refractivity contribution in [3.05, 3.63) is 11.7 Å². The Hall–Kier alpha value is -0.900. The molecule has 1 heterocycles. The fraction of sp³-hybridized carbons (Fsp3) is 0.750. The molecular formula is C8H13N3O. The maximum Gasteiger partial charge on any atom is 0.223 e. The molecule has 1 aromatic rings. The lowest BCUT2D eigenvalue weighted by molar-refractivity contribution is 0.380. The van der Waals surface area contributed by atoms with Gasteiger partial charge in [-0.2, -0.15) is 4.98 Å². The Morgan fingerprint density at radius 2 is 2.42 bits per heavy atom. The van der Waals surface area contributed by atoms with Crippen LogP contribution in [0.4, 0.5) is 0 Å². The van der Waals surface area contributed by atoms with E-state index in [0.717, 1.165) is 5.82 Å². The minimum absolute atomic E-state index is 0.322. The van der Waals surface area contributed by atoms with Gasteiger partial charge in [0.25, 0.3) is 0 Å². The standard InChI is InChI=1S/C8H13N3O/c1-5-10-8(11-12-5)7(4-9)6-2-3-6/h6-7H,2-4,9H2,1H3. The predicted octanol–water partition coefficient (Wildman–Crippen LogP) is 0.830. The highest BCUT2D eigenvalue weighted by Gasteiger charge is 2.34. The van der Waals surface area contributed by atoms with Gasteiger partial charge in [0, 0.05) is 19.4 Å². The molecule has 1 saturated carbocycles. The van der Waals surface area contributed by atoms with Crippen LogP contribution in [0.1, 0.15) is 30.5 Å². The average Bonchev–Trinajstić information content (AvgIpc) is 2.78. The van der Waals surface area contributed by atoms with Crippen LogP contribution in [-0.4, -0.2) is 16.7 Å². The molecule has 0 spiro atoms. The fourth-order valence-corrected chi connectivity index (χ4v) is 1.47. The molecule has 0 aliphatic heterocycles. The summed E-state index contributed by atoms with van der Waals surface area (Å²) in [6.45, 7) is 2.43. The highest BCUT2D eigenvalue weighted by atomic mass is 16.5. The van der Waals surface area contributed by atoms with Crippen LogP contribution >= 0.6 is 0 Å². The third-order valence-corrected chi connectivity index (χ3v) is 2.32. The van der Waals surface area contributed by atoms with E-state index >= 15 is 0 Å². The Labute approximate surface area is 71.1 Å². The van der Waals surface area contributed by atoms with E-state index in [4.69, 9.17) is 10.3 Å². The van der Waals surface area contributed by atoms with E-state index in [1.807, 2.05) is 0 Å².